The molecule has 4 aromatic rings. The summed E-state index contributed by atoms with van der Waals surface area (Å²) in [4.78, 5) is 41.6. The second-order valence-electron chi connectivity index (χ2n) is 12.6. The number of alkyl carbamates (subject to hydrolysis) is 1. The zero-order chi connectivity index (χ0) is 34.2. The van der Waals surface area contributed by atoms with Gasteiger partial charge in [0, 0.05) is 25.1 Å². The van der Waals surface area contributed by atoms with E-state index in [9.17, 15) is 19.5 Å². The summed E-state index contributed by atoms with van der Waals surface area (Å²) >= 11 is 0. The number of imide groups is 1. The van der Waals surface area contributed by atoms with Crippen LogP contribution in [0.5, 0.6) is 0 Å². The molecule has 4 atom stereocenters. The molecule has 0 aliphatic carbocycles. The van der Waals surface area contributed by atoms with E-state index in [1.54, 1.807) is 0 Å². The molecule has 2 N–H and O–H groups in total. The lowest BCUT2D eigenvalue weighted by Crippen LogP contribution is -2.41. The molecule has 0 aromatic heterocycles. The van der Waals surface area contributed by atoms with Crippen LogP contribution < -0.4 is 5.32 Å². The highest BCUT2D eigenvalue weighted by molar-refractivity contribution is 6.06. The van der Waals surface area contributed by atoms with Gasteiger partial charge < -0.3 is 24.6 Å². The third-order valence-corrected chi connectivity index (χ3v) is 8.77. The number of nitrogens with zero attached hydrogens (tertiary/aromatic N) is 2. The van der Waals surface area contributed by atoms with E-state index in [4.69, 9.17) is 14.2 Å². The molecular formula is C39H41N3O7. The standard InChI is InChI=1S/C39H41N3O7/c1-41(22-27-8-4-2-5-9-27)24-33-20-35(31-16-14-29(25-43)15-17-31)49-38(48-33)32-18-12-28(13-19-32)23-42-36(44)21-34(37(42)45)40-39(46)47-26-30-10-6-3-7-11-30/h2-19,33-35,38,43H,20-26H2,1H3,(H,40,46)/t33-,34?,35+,38+/m0/s1. The monoisotopic (exact) mass is 663 g/mol. The van der Waals surface area contributed by atoms with E-state index in [1.807, 2.05) is 97.1 Å². The normalized spacial score (nSPS) is 20.8. The van der Waals surface area contributed by atoms with E-state index >= 15 is 0 Å². The van der Waals surface area contributed by atoms with Gasteiger partial charge in [0.15, 0.2) is 6.29 Å². The topological polar surface area (TPSA) is 118 Å². The minimum absolute atomic E-state index is 0.0239. The van der Waals surface area contributed by atoms with E-state index in [0.29, 0.717) is 13.0 Å². The Morgan fingerprint density at radius 3 is 2.14 bits per heavy atom. The van der Waals surface area contributed by atoms with E-state index in [1.165, 1.54) is 5.56 Å². The van der Waals surface area contributed by atoms with Gasteiger partial charge in [0.05, 0.1) is 31.8 Å². The Morgan fingerprint density at radius 2 is 1.47 bits per heavy atom. The lowest BCUT2D eigenvalue weighted by molar-refractivity contribution is -0.252. The number of hydrogen-bond acceptors (Lipinski definition) is 8. The summed E-state index contributed by atoms with van der Waals surface area (Å²) in [5.41, 5.74) is 5.46. The Morgan fingerprint density at radius 1 is 0.837 bits per heavy atom. The third-order valence-electron chi connectivity index (χ3n) is 8.77. The van der Waals surface area contributed by atoms with Gasteiger partial charge in [-0.25, -0.2) is 4.79 Å². The van der Waals surface area contributed by atoms with Crippen LogP contribution in [0.15, 0.2) is 109 Å². The molecule has 10 heteroatoms. The van der Waals surface area contributed by atoms with Crippen LogP contribution in [0.1, 0.15) is 58.6 Å². The van der Waals surface area contributed by atoms with Crippen molar-refractivity contribution in [2.24, 2.45) is 0 Å². The number of ether oxygens (including phenoxy) is 3. The predicted molar refractivity (Wildman–Crippen MR) is 181 cm³/mol. The molecule has 2 fully saturated rings. The zero-order valence-corrected chi connectivity index (χ0v) is 27.4. The lowest BCUT2D eigenvalue weighted by atomic mass is 9.99. The summed E-state index contributed by atoms with van der Waals surface area (Å²) in [6.07, 6.45) is -1.17. The molecule has 0 spiro atoms. The number of aliphatic hydroxyl groups excluding tert-OH is 1. The Bertz CT molecular complexity index is 1700. The highest BCUT2D eigenvalue weighted by atomic mass is 16.7. The van der Waals surface area contributed by atoms with Crippen LogP contribution in [0.3, 0.4) is 0 Å². The van der Waals surface area contributed by atoms with Gasteiger partial charge >= 0.3 is 6.09 Å². The molecule has 2 saturated heterocycles. The SMILES string of the molecule is CN(Cc1ccccc1)C[C@@H]1C[C@H](c2ccc(CO)cc2)O[C@H](c2ccc(CN3C(=O)CC(NC(=O)OCc4ccccc4)C3=O)cc2)O1. The minimum Gasteiger partial charge on any atom is -0.445 e. The van der Waals surface area contributed by atoms with E-state index < -0.39 is 24.3 Å². The first-order valence-electron chi connectivity index (χ1n) is 16.5. The first kappa shape index (κ1) is 34.0. The molecule has 4 aromatic carbocycles. The molecule has 10 nitrogen and oxygen atoms in total. The molecular weight excluding hydrogens is 622 g/mol. The fourth-order valence-electron chi connectivity index (χ4n) is 6.17. The van der Waals surface area contributed by atoms with Crippen molar-refractivity contribution < 1.29 is 33.7 Å². The fraction of sp³-hybridized carbons (Fsp3) is 0.308. The number of carbonyl (C=O) groups is 3. The fourth-order valence-corrected chi connectivity index (χ4v) is 6.17. The second-order valence-corrected chi connectivity index (χ2v) is 12.6. The number of aliphatic hydroxyl groups is 1. The lowest BCUT2D eigenvalue weighted by Gasteiger charge is -2.38. The van der Waals surface area contributed by atoms with Crippen LogP contribution in [-0.2, 0) is 50.1 Å². The maximum absolute atomic E-state index is 13.1. The molecule has 2 aliphatic rings. The number of benzene rings is 4. The summed E-state index contributed by atoms with van der Waals surface area (Å²) in [6, 6.07) is 33.8. The molecule has 0 bridgehead atoms. The van der Waals surface area contributed by atoms with E-state index in [-0.39, 0.29) is 44.3 Å². The molecule has 49 heavy (non-hydrogen) atoms. The Labute approximate surface area is 286 Å². The maximum atomic E-state index is 13.1. The average molecular weight is 664 g/mol. The molecule has 1 unspecified atom stereocenters. The Hall–Kier alpha value is -4.87. The van der Waals surface area contributed by atoms with Gasteiger partial charge in [-0.15, -0.1) is 0 Å². The minimum atomic E-state index is -0.973. The molecule has 0 saturated carbocycles. The van der Waals surface area contributed by atoms with Crippen molar-refractivity contribution in [1.29, 1.82) is 0 Å². The molecule has 3 amide bonds. The van der Waals surface area contributed by atoms with Gasteiger partial charge in [0.1, 0.15) is 12.6 Å². The predicted octanol–water partition coefficient (Wildman–Crippen LogP) is 5.41. The summed E-state index contributed by atoms with van der Waals surface area (Å²) in [5, 5.41) is 12.0. The first-order chi connectivity index (χ1) is 23.8. The number of nitrogens with one attached hydrogen (secondary N) is 1. The smallest absolute Gasteiger partial charge is 0.408 e. The Balaban J connectivity index is 1.09. The van der Waals surface area contributed by atoms with Crippen molar-refractivity contribution in [3.63, 3.8) is 0 Å². The van der Waals surface area contributed by atoms with Gasteiger partial charge in [0.25, 0.3) is 5.91 Å². The van der Waals surface area contributed by atoms with Crippen molar-refractivity contribution in [1.82, 2.24) is 15.1 Å². The van der Waals surface area contributed by atoms with Gasteiger partial charge in [-0.05, 0) is 34.9 Å². The number of amides is 3. The second kappa shape index (κ2) is 16.0. The number of rotatable bonds is 12. The highest BCUT2D eigenvalue weighted by Gasteiger charge is 2.40. The largest absolute Gasteiger partial charge is 0.445 e. The molecule has 2 heterocycles. The van der Waals surface area contributed by atoms with Crippen LogP contribution in [0.4, 0.5) is 4.79 Å². The summed E-state index contributed by atoms with van der Waals surface area (Å²) in [5.74, 6) is -0.832. The van der Waals surface area contributed by atoms with Crippen LogP contribution >= 0.6 is 0 Å². The summed E-state index contributed by atoms with van der Waals surface area (Å²) in [7, 11) is 2.08. The van der Waals surface area contributed by atoms with Crippen molar-refractivity contribution in [2.45, 2.75) is 63.7 Å². The number of likely N-dealkylation sites (tertiary alicyclic amines) is 1. The number of likely N-dealkylation sites (N-methyl/N-ethyl adjacent to an activating group) is 1. The zero-order valence-electron chi connectivity index (χ0n) is 27.4. The van der Waals surface area contributed by atoms with Crippen LogP contribution in [0.25, 0.3) is 0 Å². The molecule has 254 valence electrons. The Kier molecular flexibility index (Phi) is 11.1. The average Bonchev–Trinajstić information content (AvgIpc) is 3.38. The van der Waals surface area contributed by atoms with Crippen molar-refractivity contribution >= 4 is 17.9 Å². The molecule has 2 aliphatic heterocycles. The van der Waals surface area contributed by atoms with E-state index in [0.717, 1.165) is 39.3 Å². The molecule has 0 radical (unpaired) electrons. The van der Waals surface area contributed by atoms with Gasteiger partial charge in [0.2, 0.25) is 5.91 Å². The van der Waals surface area contributed by atoms with Crippen LogP contribution in [-0.4, -0.2) is 58.6 Å². The van der Waals surface area contributed by atoms with Gasteiger partial charge in [-0.1, -0.05) is 109 Å². The van der Waals surface area contributed by atoms with E-state index in [2.05, 4.69) is 29.4 Å². The van der Waals surface area contributed by atoms with Gasteiger partial charge in [-0.2, -0.15) is 0 Å². The van der Waals surface area contributed by atoms with Crippen LogP contribution in [0, 0.1) is 0 Å². The quantitative estimate of drug-likeness (QED) is 0.193. The third kappa shape index (κ3) is 8.98. The summed E-state index contributed by atoms with van der Waals surface area (Å²) in [6.45, 7) is 1.61. The van der Waals surface area contributed by atoms with Crippen molar-refractivity contribution in [3.8, 4) is 0 Å². The summed E-state index contributed by atoms with van der Waals surface area (Å²) < 4.78 is 18.2. The van der Waals surface area contributed by atoms with Crippen molar-refractivity contribution in [3.05, 3.63) is 143 Å². The molecule has 6 rings (SSSR count). The number of hydrogen-bond donors (Lipinski definition) is 2. The first-order valence-corrected chi connectivity index (χ1v) is 16.5. The number of carbonyl (C=O) groups excluding carboxylic acids is 3. The van der Waals surface area contributed by atoms with Crippen LogP contribution in [0.2, 0.25) is 0 Å². The van der Waals surface area contributed by atoms with Gasteiger partial charge in [-0.3, -0.25) is 19.4 Å². The maximum Gasteiger partial charge on any atom is 0.408 e. The van der Waals surface area contributed by atoms with Crippen molar-refractivity contribution in [2.75, 3.05) is 13.6 Å². The highest BCUT2D eigenvalue weighted by Crippen LogP contribution is 2.38.